The number of anilines is 1. The summed E-state index contributed by atoms with van der Waals surface area (Å²) in [6.07, 6.45) is 0.359. The van der Waals surface area contributed by atoms with E-state index < -0.39 is 0 Å². The average Bonchev–Trinajstić information content (AvgIpc) is 2.87. The second-order valence-electron chi connectivity index (χ2n) is 7.38. The summed E-state index contributed by atoms with van der Waals surface area (Å²) in [5.74, 6) is 0.895. The molecule has 1 aliphatic heterocycles. The van der Waals surface area contributed by atoms with Gasteiger partial charge < -0.3 is 15.1 Å². The Balaban J connectivity index is 1.97. The number of para-hydroxylation sites is 1. The van der Waals surface area contributed by atoms with E-state index in [0.29, 0.717) is 24.8 Å². The van der Waals surface area contributed by atoms with Crippen LogP contribution < -0.4 is 10.2 Å². The number of hydrogen-bond donors (Lipinski definition) is 1. The molecule has 1 heterocycles. The van der Waals surface area contributed by atoms with E-state index in [1.807, 2.05) is 35.2 Å². The monoisotopic (exact) mass is 331 g/mol. The quantitative estimate of drug-likeness (QED) is 0.871. The predicted octanol–water partition coefficient (Wildman–Crippen LogP) is 3.12. The number of carbonyl (C=O) groups is 2. The van der Waals surface area contributed by atoms with Crippen LogP contribution in [0.25, 0.3) is 0 Å². The molecule has 0 spiro atoms. The van der Waals surface area contributed by atoms with Gasteiger partial charge in [-0.2, -0.15) is 0 Å². The maximum Gasteiger partial charge on any atom is 0.317 e. The van der Waals surface area contributed by atoms with Crippen LogP contribution in [0, 0.1) is 11.8 Å². The molecule has 1 atom stereocenters. The number of benzene rings is 1. The molecule has 2 rings (SSSR count). The van der Waals surface area contributed by atoms with Crippen LogP contribution in [0.4, 0.5) is 10.5 Å². The van der Waals surface area contributed by atoms with Gasteiger partial charge in [0.15, 0.2) is 0 Å². The minimum Gasteiger partial charge on any atom is -0.333 e. The lowest BCUT2D eigenvalue weighted by atomic mass is 10.1. The van der Waals surface area contributed by atoms with Gasteiger partial charge in [0.1, 0.15) is 0 Å². The lowest BCUT2D eigenvalue weighted by Gasteiger charge is -2.28. The van der Waals surface area contributed by atoms with Gasteiger partial charge in [-0.05, 0) is 24.0 Å². The van der Waals surface area contributed by atoms with E-state index in [-0.39, 0.29) is 18.0 Å². The highest BCUT2D eigenvalue weighted by atomic mass is 16.2. The van der Waals surface area contributed by atoms with Crippen molar-refractivity contribution in [2.24, 2.45) is 11.8 Å². The van der Waals surface area contributed by atoms with Gasteiger partial charge in [-0.15, -0.1) is 0 Å². The number of amides is 3. The Hall–Kier alpha value is -2.04. The lowest BCUT2D eigenvalue weighted by Crippen LogP contribution is -2.48. The molecule has 5 heteroatoms. The Morgan fingerprint density at radius 2 is 1.75 bits per heavy atom. The molecule has 1 fully saturated rings. The molecule has 0 aromatic heterocycles. The molecule has 1 aromatic carbocycles. The third-order valence-electron chi connectivity index (χ3n) is 3.98. The van der Waals surface area contributed by atoms with Gasteiger partial charge in [0.05, 0.1) is 6.04 Å². The molecule has 3 amide bonds. The molecule has 0 bridgehead atoms. The van der Waals surface area contributed by atoms with Crippen LogP contribution in [0.3, 0.4) is 0 Å². The summed E-state index contributed by atoms with van der Waals surface area (Å²) in [4.78, 5) is 28.5. The minimum absolute atomic E-state index is 0.0609. The molecule has 0 unspecified atom stereocenters. The average molecular weight is 331 g/mol. The number of hydrogen-bond acceptors (Lipinski definition) is 2. The Bertz CT molecular complexity index is 547. The van der Waals surface area contributed by atoms with E-state index in [1.165, 1.54) is 0 Å². The van der Waals surface area contributed by atoms with Gasteiger partial charge in [0.25, 0.3) is 0 Å². The summed E-state index contributed by atoms with van der Waals surface area (Å²) < 4.78 is 0. The smallest absolute Gasteiger partial charge is 0.317 e. The first-order chi connectivity index (χ1) is 11.4. The molecule has 0 saturated carbocycles. The van der Waals surface area contributed by atoms with Crippen LogP contribution in [0.1, 0.15) is 34.1 Å². The van der Waals surface area contributed by atoms with Gasteiger partial charge in [0.2, 0.25) is 5.91 Å². The summed E-state index contributed by atoms with van der Waals surface area (Å²) in [7, 11) is 0. The van der Waals surface area contributed by atoms with E-state index in [4.69, 9.17) is 0 Å². The first-order valence-electron chi connectivity index (χ1n) is 8.77. The predicted molar refractivity (Wildman–Crippen MR) is 97.0 cm³/mol. The van der Waals surface area contributed by atoms with Crippen molar-refractivity contribution in [2.45, 2.75) is 40.2 Å². The molecular formula is C19H29N3O2. The molecule has 5 nitrogen and oxygen atoms in total. The first-order valence-corrected chi connectivity index (χ1v) is 8.77. The summed E-state index contributed by atoms with van der Waals surface area (Å²) >= 11 is 0. The van der Waals surface area contributed by atoms with Gasteiger partial charge in [-0.1, -0.05) is 45.9 Å². The lowest BCUT2D eigenvalue weighted by molar-refractivity contribution is -0.117. The van der Waals surface area contributed by atoms with Crippen LogP contribution >= 0.6 is 0 Å². The molecule has 132 valence electrons. The van der Waals surface area contributed by atoms with Crippen LogP contribution in [0.15, 0.2) is 30.3 Å². The molecule has 1 aliphatic rings. The second kappa shape index (κ2) is 8.18. The number of rotatable bonds is 6. The number of urea groups is 1. The first kappa shape index (κ1) is 18.3. The Morgan fingerprint density at radius 1 is 1.17 bits per heavy atom. The van der Waals surface area contributed by atoms with Crippen molar-refractivity contribution in [2.75, 3.05) is 24.5 Å². The Kier molecular flexibility index (Phi) is 6.23. The second-order valence-corrected chi connectivity index (χ2v) is 7.38. The highest BCUT2D eigenvalue weighted by molar-refractivity contribution is 5.96. The zero-order chi connectivity index (χ0) is 17.7. The van der Waals surface area contributed by atoms with Gasteiger partial charge in [0, 0.05) is 31.7 Å². The van der Waals surface area contributed by atoms with Crippen molar-refractivity contribution in [1.29, 1.82) is 0 Å². The van der Waals surface area contributed by atoms with Crippen molar-refractivity contribution in [3.8, 4) is 0 Å². The zero-order valence-electron chi connectivity index (χ0n) is 15.2. The fourth-order valence-corrected chi connectivity index (χ4v) is 3.05. The van der Waals surface area contributed by atoms with Crippen molar-refractivity contribution in [3.63, 3.8) is 0 Å². The summed E-state index contributed by atoms with van der Waals surface area (Å²) in [6, 6.07) is 9.41. The third kappa shape index (κ3) is 4.98. The van der Waals surface area contributed by atoms with Crippen molar-refractivity contribution < 1.29 is 9.59 Å². The molecule has 1 aromatic rings. The standard InChI is InChI=1S/C19H29N3O2/c1-14(2)11-21(12-15(3)4)19(24)20-16-10-18(23)22(13-16)17-8-6-5-7-9-17/h5-9,14-16H,10-13H2,1-4H3,(H,20,24)/t16-/m1/s1. The van der Waals surface area contributed by atoms with Crippen LogP contribution in [0.2, 0.25) is 0 Å². The van der Waals surface area contributed by atoms with Crippen LogP contribution in [-0.2, 0) is 4.79 Å². The van der Waals surface area contributed by atoms with Crippen molar-refractivity contribution >= 4 is 17.6 Å². The topological polar surface area (TPSA) is 52.7 Å². The van der Waals surface area contributed by atoms with E-state index >= 15 is 0 Å². The molecular weight excluding hydrogens is 302 g/mol. The van der Waals surface area contributed by atoms with Gasteiger partial charge >= 0.3 is 6.03 Å². The van der Waals surface area contributed by atoms with Gasteiger partial charge in [-0.25, -0.2) is 4.79 Å². The van der Waals surface area contributed by atoms with E-state index in [2.05, 4.69) is 33.0 Å². The Morgan fingerprint density at radius 3 is 2.29 bits per heavy atom. The molecule has 0 radical (unpaired) electrons. The van der Waals surface area contributed by atoms with Crippen molar-refractivity contribution in [1.82, 2.24) is 10.2 Å². The molecule has 1 saturated heterocycles. The normalized spacial score (nSPS) is 17.7. The maximum atomic E-state index is 12.6. The molecule has 1 N–H and O–H groups in total. The number of carbonyl (C=O) groups excluding carboxylic acids is 2. The van der Waals surface area contributed by atoms with E-state index in [9.17, 15) is 9.59 Å². The largest absolute Gasteiger partial charge is 0.333 e. The summed E-state index contributed by atoms with van der Waals surface area (Å²) in [5, 5.41) is 3.04. The van der Waals surface area contributed by atoms with E-state index in [1.54, 1.807) is 4.90 Å². The third-order valence-corrected chi connectivity index (χ3v) is 3.98. The van der Waals surface area contributed by atoms with Crippen molar-refractivity contribution in [3.05, 3.63) is 30.3 Å². The van der Waals surface area contributed by atoms with Gasteiger partial charge in [-0.3, -0.25) is 4.79 Å². The highest BCUT2D eigenvalue weighted by Gasteiger charge is 2.32. The van der Waals surface area contributed by atoms with Crippen LogP contribution in [0.5, 0.6) is 0 Å². The summed E-state index contributed by atoms with van der Waals surface area (Å²) in [6.45, 7) is 10.4. The fraction of sp³-hybridized carbons (Fsp3) is 0.579. The van der Waals surface area contributed by atoms with Crippen LogP contribution in [-0.4, -0.2) is 42.5 Å². The highest BCUT2D eigenvalue weighted by Crippen LogP contribution is 2.21. The Labute approximate surface area is 145 Å². The number of nitrogens with zero attached hydrogens (tertiary/aromatic N) is 2. The van der Waals surface area contributed by atoms with E-state index in [0.717, 1.165) is 18.8 Å². The zero-order valence-corrected chi connectivity index (χ0v) is 15.2. The minimum atomic E-state index is -0.132. The number of nitrogens with one attached hydrogen (secondary N) is 1. The maximum absolute atomic E-state index is 12.6. The fourth-order valence-electron chi connectivity index (χ4n) is 3.05. The molecule has 0 aliphatic carbocycles. The SMILES string of the molecule is CC(C)CN(CC(C)C)C(=O)N[C@@H]1CC(=O)N(c2ccccc2)C1. The summed E-state index contributed by atoms with van der Waals surface area (Å²) in [5.41, 5.74) is 0.889. The molecule has 24 heavy (non-hydrogen) atoms.